The number of thiophene rings is 1. The smallest absolute Gasteiger partial charge is 0.255 e. The minimum atomic E-state index is -0.163. The van der Waals surface area contributed by atoms with E-state index in [1.165, 1.54) is 22.5 Å². The van der Waals surface area contributed by atoms with E-state index in [1.807, 2.05) is 22.4 Å². The number of nitrogens with zero attached hydrogens (tertiary/aromatic N) is 1. The number of hydrogen-bond donors (Lipinski definition) is 1. The summed E-state index contributed by atoms with van der Waals surface area (Å²) in [5.41, 5.74) is 3.25. The second kappa shape index (κ2) is 6.13. The van der Waals surface area contributed by atoms with Gasteiger partial charge in [-0.1, -0.05) is 36.1 Å². The molecule has 1 aromatic carbocycles. The molecule has 4 heteroatoms. The van der Waals surface area contributed by atoms with E-state index < -0.39 is 0 Å². The van der Waals surface area contributed by atoms with Gasteiger partial charge in [-0.3, -0.25) is 4.79 Å². The minimum Gasteiger partial charge on any atom is -0.384 e. The van der Waals surface area contributed by atoms with Gasteiger partial charge >= 0.3 is 0 Å². The fraction of sp³-hybridized carbons (Fsp3) is 0.235. The van der Waals surface area contributed by atoms with Crippen LogP contribution in [0, 0.1) is 11.8 Å². The molecule has 0 radical (unpaired) electrons. The third-order valence-corrected chi connectivity index (χ3v) is 4.40. The van der Waals surface area contributed by atoms with Crippen LogP contribution in [0.15, 0.2) is 35.7 Å². The Bertz CT molecular complexity index is 724. The van der Waals surface area contributed by atoms with Gasteiger partial charge in [-0.05, 0) is 23.6 Å². The second-order valence-corrected chi connectivity index (χ2v) is 5.82. The maximum Gasteiger partial charge on any atom is 0.255 e. The Kier molecular flexibility index (Phi) is 4.05. The van der Waals surface area contributed by atoms with Gasteiger partial charge in [0.1, 0.15) is 6.61 Å². The molecule has 0 atom stereocenters. The molecular weight excluding hydrogens is 282 g/mol. The average molecular weight is 297 g/mol. The molecule has 1 aliphatic rings. The molecule has 0 aliphatic carbocycles. The molecule has 1 amide bonds. The van der Waals surface area contributed by atoms with Gasteiger partial charge in [-0.2, -0.15) is 0 Å². The monoisotopic (exact) mass is 297 g/mol. The van der Waals surface area contributed by atoms with Crippen LogP contribution in [-0.2, 0) is 13.0 Å². The van der Waals surface area contributed by atoms with Crippen LogP contribution < -0.4 is 0 Å². The molecule has 0 unspecified atom stereocenters. The Morgan fingerprint density at radius 2 is 2.14 bits per heavy atom. The maximum atomic E-state index is 12.5. The molecule has 106 valence electrons. The van der Waals surface area contributed by atoms with E-state index in [-0.39, 0.29) is 12.5 Å². The van der Waals surface area contributed by atoms with E-state index >= 15 is 0 Å². The molecule has 1 N–H and O–H groups in total. The summed E-state index contributed by atoms with van der Waals surface area (Å²) in [7, 11) is 0. The molecule has 3 rings (SSSR count). The summed E-state index contributed by atoms with van der Waals surface area (Å²) in [6.07, 6.45) is 0.906. The summed E-state index contributed by atoms with van der Waals surface area (Å²) < 4.78 is 0. The Labute approximate surface area is 127 Å². The van der Waals surface area contributed by atoms with Crippen LogP contribution in [0.1, 0.15) is 26.4 Å². The van der Waals surface area contributed by atoms with E-state index in [2.05, 4.69) is 24.0 Å². The van der Waals surface area contributed by atoms with E-state index in [9.17, 15) is 4.79 Å². The van der Waals surface area contributed by atoms with Crippen LogP contribution >= 0.6 is 11.3 Å². The summed E-state index contributed by atoms with van der Waals surface area (Å²) in [6, 6.07) is 10.1. The Morgan fingerprint density at radius 3 is 2.95 bits per heavy atom. The van der Waals surface area contributed by atoms with Crippen LogP contribution in [0.5, 0.6) is 0 Å². The standard InChI is InChI=1S/C17H15NO2S/c19-9-3-6-16-10-15(12-21-16)17(20)18-8-7-13-4-1-2-5-14(13)11-18/h1-2,4-5,10,12,19H,7-9,11H2. The maximum absolute atomic E-state index is 12.5. The molecular formula is C17H15NO2S. The van der Waals surface area contributed by atoms with Crippen LogP contribution in [0.2, 0.25) is 0 Å². The quantitative estimate of drug-likeness (QED) is 0.821. The van der Waals surface area contributed by atoms with Crippen LogP contribution in [0.4, 0.5) is 0 Å². The van der Waals surface area contributed by atoms with Crippen molar-refractivity contribution in [2.45, 2.75) is 13.0 Å². The first kappa shape index (κ1) is 13.9. The third kappa shape index (κ3) is 2.99. The number of amides is 1. The highest BCUT2D eigenvalue weighted by molar-refractivity contribution is 7.10. The predicted octanol–water partition coefficient (Wildman–Crippen LogP) is 2.29. The van der Waals surface area contributed by atoms with Crippen molar-refractivity contribution in [2.24, 2.45) is 0 Å². The zero-order valence-corrected chi connectivity index (χ0v) is 12.3. The predicted molar refractivity (Wildman–Crippen MR) is 83.2 cm³/mol. The zero-order chi connectivity index (χ0) is 14.7. The number of aliphatic hydroxyl groups excluding tert-OH is 1. The first-order chi connectivity index (χ1) is 10.3. The molecule has 0 fully saturated rings. The van der Waals surface area contributed by atoms with Crippen molar-refractivity contribution in [3.63, 3.8) is 0 Å². The van der Waals surface area contributed by atoms with Gasteiger partial charge < -0.3 is 10.0 Å². The highest BCUT2D eigenvalue weighted by Gasteiger charge is 2.22. The van der Waals surface area contributed by atoms with E-state index in [0.717, 1.165) is 17.8 Å². The first-order valence-corrected chi connectivity index (χ1v) is 7.70. The number of benzene rings is 1. The van der Waals surface area contributed by atoms with Gasteiger partial charge in [0.2, 0.25) is 0 Å². The van der Waals surface area contributed by atoms with Crippen molar-refractivity contribution < 1.29 is 9.90 Å². The molecule has 1 aliphatic heterocycles. The molecule has 2 aromatic rings. The third-order valence-electron chi connectivity index (χ3n) is 3.55. The van der Waals surface area contributed by atoms with Gasteiger partial charge in [-0.15, -0.1) is 11.3 Å². The lowest BCUT2D eigenvalue weighted by atomic mass is 9.99. The van der Waals surface area contributed by atoms with Crippen LogP contribution in [-0.4, -0.2) is 29.1 Å². The van der Waals surface area contributed by atoms with Gasteiger partial charge in [0.15, 0.2) is 0 Å². The summed E-state index contributed by atoms with van der Waals surface area (Å²) in [5, 5.41) is 10.5. The van der Waals surface area contributed by atoms with E-state index in [0.29, 0.717) is 12.1 Å². The number of aliphatic hydroxyl groups is 1. The van der Waals surface area contributed by atoms with Crippen molar-refractivity contribution in [1.29, 1.82) is 0 Å². The molecule has 0 saturated carbocycles. The van der Waals surface area contributed by atoms with Crippen LogP contribution in [0.3, 0.4) is 0 Å². The van der Waals surface area contributed by atoms with Gasteiger partial charge in [0, 0.05) is 18.5 Å². The SMILES string of the molecule is O=C(c1csc(C#CCO)c1)N1CCc2ccccc2C1. The van der Waals surface area contributed by atoms with E-state index in [4.69, 9.17) is 5.11 Å². The average Bonchev–Trinajstić information content (AvgIpc) is 3.00. The molecule has 3 nitrogen and oxygen atoms in total. The number of fused-ring (bicyclic) bond motifs is 1. The molecule has 21 heavy (non-hydrogen) atoms. The summed E-state index contributed by atoms with van der Waals surface area (Å²) >= 11 is 1.44. The van der Waals surface area contributed by atoms with Crippen molar-refractivity contribution in [3.8, 4) is 11.8 Å². The fourth-order valence-electron chi connectivity index (χ4n) is 2.49. The lowest BCUT2D eigenvalue weighted by Crippen LogP contribution is -2.35. The van der Waals surface area contributed by atoms with Gasteiger partial charge in [0.05, 0.1) is 10.4 Å². The summed E-state index contributed by atoms with van der Waals surface area (Å²) in [4.78, 5) is 15.2. The van der Waals surface area contributed by atoms with Crippen molar-refractivity contribution in [1.82, 2.24) is 4.90 Å². The van der Waals surface area contributed by atoms with Crippen molar-refractivity contribution in [3.05, 3.63) is 57.3 Å². The highest BCUT2D eigenvalue weighted by Crippen LogP contribution is 2.22. The van der Waals surface area contributed by atoms with Gasteiger partial charge in [-0.25, -0.2) is 0 Å². The molecule has 2 heterocycles. The number of carbonyl (C=O) groups is 1. The molecule has 1 aromatic heterocycles. The van der Waals surface area contributed by atoms with Gasteiger partial charge in [0.25, 0.3) is 5.91 Å². The number of rotatable bonds is 1. The second-order valence-electron chi connectivity index (χ2n) is 4.90. The summed E-state index contributed by atoms with van der Waals surface area (Å²) in [6.45, 7) is 1.26. The lowest BCUT2D eigenvalue weighted by molar-refractivity contribution is 0.0735. The molecule has 0 spiro atoms. The normalized spacial score (nSPS) is 13.3. The number of hydrogen-bond acceptors (Lipinski definition) is 3. The van der Waals surface area contributed by atoms with Crippen molar-refractivity contribution >= 4 is 17.2 Å². The molecule has 0 bridgehead atoms. The zero-order valence-electron chi connectivity index (χ0n) is 11.5. The minimum absolute atomic E-state index is 0.0535. The largest absolute Gasteiger partial charge is 0.384 e. The Hall–Kier alpha value is -2.09. The fourth-order valence-corrected chi connectivity index (χ4v) is 3.24. The van der Waals surface area contributed by atoms with Crippen LogP contribution in [0.25, 0.3) is 0 Å². The lowest BCUT2D eigenvalue weighted by Gasteiger charge is -2.28. The Morgan fingerprint density at radius 1 is 1.33 bits per heavy atom. The first-order valence-electron chi connectivity index (χ1n) is 6.82. The van der Waals surface area contributed by atoms with E-state index in [1.54, 1.807) is 6.07 Å². The summed E-state index contributed by atoms with van der Waals surface area (Å²) in [5.74, 6) is 5.49. The number of carbonyl (C=O) groups excluding carboxylic acids is 1. The molecule has 0 saturated heterocycles. The highest BCUT2D eigenvalue weighted by atomic mass is 32.1. The Balaban J connectivity index is 1.76. The van der Waals surface area contributed by atoms with Crippen molar-refractivity contribution in [2.75, 3.05) is 13.2 Å². The topological polar surface area (TPSA) is 40.5 Å².